The number of carbonyl (C=O) groups excluding carboxylic acids is 1. The van der Waals surface area contributed by atoms with E-state index in [4.69, 9.17) is 4.74 Å². The van der Waals surface area contributed by atoms with Gasteiger partial charge in [-0.3, -0.25) is 4.79 Å². The van der Waals surface area contributed by atoms with E-state index in [1.807, 2.05) is 61.5 Å². The number of hydrogen-bond donors (Lipinski definition) is 1. The van der Waals surface area contributed by atoms with Crippen molar-refractivity contribution in [2.24, 2.45) is 0 Å². The van der Waals surface area contributed by atoms with Gasteiger partial charge in [0.1, 0.15) is 11.4 Å². The van der Waals surface area contributed by atoms with Gasteiger partial charge in [0.25, 0.3) is 5.91 Å². The molecule has 1 fully saturated rings. The van der Waals surface area contributed by atoms with Crippen molar-refractivity contribution in [3.8, 4) is 5.75 Å². The van der Waals surface area contributed by atoms with Crippen LogP contribution in [0.5, 0.6) is 5.75 Å². The van der Waals surface area contributed by atoms with Crippen LogP contribution in [-0.4, -0.2) is 61.3 Å². The predicted molar refractivity (Wildman–Crippen MR) is 128 cm³/mol. The molecule has 7 nitrogen and oxygen atoms in total. The molecule has 0 aliphatic carbocycles. The highest BCUT2D eigenvalue weighted by Gasteiger charge is 2.31. The number of nitrogens with one attached hydrogen (secondary N) is 1. The van der Waals surface area contributed by atoms with Crippen LogP contribution in [0.3, 0.4) is 0 Å². The highest BCUT2D eigenvalue weighted by atomic mass is 32.2. The van der Waals surface area contributed by atoms with Gasteiger partial charge in [-0.15, -0.1) is 0 Å². The first-order valence-corrected chi connectivity index (χ1v) is 12.4. The molecule has 1 saturated heterocycles. The van der Waals surface area contributed by atoms with Crippen LogP contribution < -0.4 is 4.74 Å². The number of H-pyrrole nitrogens is 1. The number of nitrogens with zero attached hydrogens (tertiary/aromatic N) is 2. The second kappa shape index (κ2) is 8.53. The Bertz CT molecular complexity index is 1440. The van der Waals surface area contributed by atoms with E-state index in [9.17, 15) is 13.2 Å². The monoisotopic (exact) mass is 463 g/mol. The Balaban J connectivity index is 1.29. The van der Waals surface area contributed by atoms with E-state index in [0.717, 1.165) is 27.4 Å². The molecule has 33 heavy (non-hydrogen) atoms. The molecule has 4 aromatic rings. The summed E-state index contributed by atoms with van der Waals surface area (Å²) in [6.07, 6.45) is 0. The van der Waals surface area contributed by atoms with Crippen LogP contribution in [0.1, 0.15) is 17.4 Å². The van der Waals surface area contributed by atoms with Crippen LogP contribution in [0.2, 0.25) is 0 Å². The van der Waals surface area contributed by atoms with Crippen molar-refractivity contribution in [2.45, 2.75) is 11.8 Å². The lowest BCUT2D eigenvalue weighted by molar-refractivity contribution is 0.0693. The summed E-state index contributed by atoms with van der Waals surface area (Å²) in [7, 11) is -3.62. The number of carbonyl (C=O) groups is 1. The SMILES string of the molecule is CCOc1ccc2cc(C(=O)N3CCN(S(=O)(=O)c4ccc5ccccc5c4)CC3)[nH]c2c1. The van der Waals surface area contributed by atoms with E-state index in [2.05, 4.69) is 4.98 Å². The third-order valence-corrected chi connectivity index (χ3v) is 7.91. The van der Waals surface area contributed by atoms with Crippen molar-refractivity contribution >= 4 is 37.6 Å². The molecule has 3 aromatic carbocycles. The summed E-state index contributed by atoms with van der Waals surface area (Å²) in [5, 5.41) is 2.82. The first-order chi connectivity index (χ1) is 16.0. The summed E-state index contributed by atoms with van der Waals surface area (Å²) in [5.74, 6) is 0.616. The Hall–Kier alpha value is -3.36. The van der Waals surface area contributed by atoms with Crippen LogP contribution >= 0.6 is 0 Å². The molecule has 1 aliphatic rings. The van der Waals surface area contributed by atoms with E-state index in [1.54, 1.807) is 17.0 Å². The first-order valence-electron chi connectivity index (χ1n) is 11.0. The van der Waals surface area contributed by atoms with Gasteiger partial charge in [-0.05, 0) is 48.0 Å². The highest BCUT2D eigenvalue weighted by molar-refractivity contribution is 7.89. The van der Waals surface area contributed by atoms with E-state index in [1.165, 1.54) is 4.31 Å². The van der Waals surface area contributed by atoms with E-state index < -0.39 is 10.0 Å². The molecule has 1 N–H and O–H groups in total. The van der Waals surface area contributed by atoms with E-state index >= 15 is 0 Å². The number of benzene rings is 3. The lowest BCUT2D eigenvalue weighted by atomic mass is 10.1. The van der Waals surface area contributed by atoms with Gasteiger partial charge in [0, 0.05) is 43.1 Å². The van der Waals surface area contributed by atoms with Crippen molar-refractivity contribution < 1.29 is 17.9 Å². The maximum Gasteiger partial charge on any atom is 0.270 e. The molecule has 1 amide bonds. The molecule has 170 valence electrons. The lowest BCUT2D eigenvalue weighted by Gasteiger charge is -2.33. The quantitative estimate of drug-likeness (QED) is 0.487. The van der Waals surface area contributed by atoms with Crippen molar-refractivity contribution in [1.82, 2.24) is 14.2 Å². The van der Waals surface area contributed by atoms with Crippen molar-refractivity contribution in [2.75, 3.05) is 32.8 Å². The molecule has 0 bridgehead atoms. The molecule has 0 saturated carbocycles. The van der Waals surface area contributed by atoms with E-state index in [-0.39, 0.29) is 23.9 Å². The molecule has 0 radical (unpaired) electrons. The second-order valence-corrected chi connectivity index (χ2v) is 10.0. The summed E-state index contributed by atoms with van der Waals surface area (Å²) in [4.78, 5) is 18.2. The maximum absolute atomic E-state index is 13.2. The van der Waals surface area contributed by atoms with Gasteiger partial charge in [0.15, 0.2) is 0 Å². The molecule has 2 heterocycles. The first kappa shape index (κ1) is 21.5. The number of aromatic amines is 1. The number of rotatable bonds is 5. The van der Waals surface area contributed by atoms with Gasteiger partial charge >= 0.3 is 0 Å². The van der Waals surface area contributed by atoms with Crippen LogP contribution in [0.4, 0.5) is 0 Å². The largest absolute Gasteiger partial charge is 0.494 e. The Labute approximate surface area is 192 Å². The fraction of sp³-hybridized carbons (Fsp3) is 0.240. The number of amides is 1. The lowest BCUT2D eigenvalue weighted by Crippen LogP contribution is -2.50. The molecule has 5 rings (SSSR count). The average molecular weight is 464 g/mol. The number of aromatic nitrogens is 1. The molecule has 0 spiro atoms. The van der Waals surface area contributed by atoms with Gasteiger partial charge in [-0.1, -0.05) is 30.3 Å². The fourth-order valence-electron chi connectivity index (χ4n) is 4.26. The number of hydrogen-bond acceptors (Lipinski definition) is 4. The van der Waals surface area contributed by atoms with Crippen molar-refractivity contribution in [3.05, 3.63) is 72.4 Å². The Morgan fingerprint density at radius 2 is 1.64 bits per heavy atom. The van der Waals surface area contributed by atoms with Crippen LogP contribution in [0.15, 0.2) is 71.6 Å². The number of sulfonamides is 1. The van der Waals surface area contributed by atoms with Crippen molar-refractivity contribution in [1.29, 1.82) is 0 Å². The van der Waals surface area contributed by atoms with Crippen LogP contribution in [0.25, 0.3) is 21.7 Å². The molecule has 1 aliphatic heterocycles. The average Bonchev–Trinajstić information content (AvgIpc) is 3.27. The Morgan fingerprint density at radius 1 is 0.909 bits per heavy atom. The summed E-state index contributed by atoms with van der Waals surface area (Å²) >= 11 is 0. The van der Waals surface area contributed by atoms with E-state index in [0.29, 0.717) is 25.4 Å². The van der Waals surface area contributed by atoms with Crippen molar-refractivity contribution in [3.63, 3.8) is 0 Å². The minimum atomic E-state index is -3.62. The standard InChI is InChI=1S/C25H25N3O4S/c1-2-32-21-9-7-20-16-24(26-23(20)17-21)25(29)27-11-13-28(14-12-27)33(30,31)22-10-8-18-5-3-4-6-19(18)15-22/h3-10,15-17,26H,2,11-14H2,1H3. The smallest absolute Gasteiger partial charge is 0.270 e. The molecule has 1 aromatic heterocycles. The Kier molecular flexibility index (Phi) is 5.55. The van der Waals surface area contributed by atoms with Gasteiger partial charge in [0.05, 0.1) is 11.5 Å². The van der Waals surface area contributed by atoms with Gasteiger partial charge in [0.2, 0.25) is 10.0 Å². The number of fused-ring (bicyclic) bond motifs is 2. The van der Waals surface area contributed by atoms with Gasteiger partial charge < -0.3 is 14.6 Å². The summed E-state index contributed by atoms with van der Waals surface area (Å²) in [5.41, 5.74) is 1.33. The zero-order chi connectivity index (χ0) is 23.0. The zero-order valence-corrected chi connectivity index (χ0v) is 19.1. The van der Waals surface area contributed by atoms with Crippen LogP contribution in [-0.2, 0) is 10.0 Å². The molecular weight excluding hydrogens is 438 g/mol. The molecular formula is C25H25N3O4S. The Morgan fingerprint density at radius 3 is 2.39 bits per heavy atom. The summed E-state index contributed by atoms with van der Waals surface area (Å²) < 4.78 is 33.4. The number of piperazine rings is 1. The summed E-state index contributed by atoms with van der Waals surface area (Å²) in [6, 6.07) is 20.4. The summed E-state index contributed by atoms with van der Waals surface area (Å²) in [6.45, 7) is 3.69. The minimum absolute atomic E-state index is 0.132. The maximum atomic E-state index is 13.2. The third-order valence-electron chi connectivity index (χ3n) is 6.02. The normalized spacial score (nSPS) is 15.2. The van der Waals surface area contributed by atoms with Crippen LogP contribution in [0, 0.1) is 0 Å². The topological polar surface area (TPSA) is 82.7 Å². The second-order valence-electron chi connectivity index (χ2n) is 8.07. The van der Waals surface area contributed by atoms with Gasteiger partial charge in [-0.25, -0.2) is 8.42 Å². The molecule has 0 unspecified atom stereocenters. The highest BCUT2D eigenvalue weighted by Crippen LogP contribution is 2.25. The molecule has 0 atom stereocenters. The third kappa shape index (κ3) is 4.07. The fourth-order valence-corrected chi connectivity index (χ4v) is 5.71. The number of ether oxygens (including phenoxy) is 1. The zero-order valence-electron chi connectivity index (χ0n) is 18.3. The van der Waals surface area contributed by atoms with Gasteiger partial charge in [-0.2, -0.15) is 4.31 Å². The molecule has 8 heteroatoms. The minimum Gasteiger partial charge on any atom is -0.494 e. The predicted octanol–water partition coefficient (Wildman–Crippen LogP) is 3.87.